The predicted molar refractivity (Wildman–Crippen MR) is 54.2 cm³/mol. The molecule has 2 bridgehead atoms. The molecule has 3 nitrogen and oxygen atoms in total. The van der Waals surface area contributed by atoms with E-state index in [1.165, 1.54) is 26.2 Å². The van der Waals surface area contributed by atoms with Crippen LogP contribution in [0.1, 0.15) is 27.2 Å². The average Bonchev–Trinajstić information content (AvgIpc) is 2.01. The first kappa shape index (κ1) is 9.44. The predicted octanol–water partition coefficient (Wildman–Crippen LogP) is 0.981. The summed E-state index contributed by atoms with van der Waals surface area (Å²) in [6, 6.07) is 0. The Bertz CT molecular complexity index is 173. The Morgan fingerprint density at radius 3 is 1.85 bits per heavy atom. The summed E-state index contributed by atoms with van der Waals surface area (Å²) in [7, 11) is 0. The third-order valence-corrected chi connectivity index (χ3v) is 3.04. The molecule has 2 atom stereocenters. The molecule has 2 rings (SSSR count). The average molecular weight is 183 g/mol. The largest absolute Gasteiger partial charge is 0.277 e. The van der Waals surface area contributed by atoms with Crippen LogP contribution in [0.15, 0.2) is 0 Å². The van der Waals surface area contributed by atoms with Crippen molar-refractivity contribution in [1.29, 1.82) is 0 Å². The SMILES string of the molecule is CC(C)(C)N1CN2CCCN(C2)C1. The minimum absolute atomic E-state index is 0.314. The van der Waals surface area contributed by atoms with E-state index in [0.29, 0.717) is 5.54 Å². The van der Waals surface area contributed by atoms with E-state index < -0.39 is 0 Å². The quantitative estimate of drug-likeness (QED) is 0.554. The molecule has 2 aliphatic rings. The van der Waals surface area contributed by atoms with Crippen LogP contribution in [0.4, 0.5) is 0 Å². The van der Waals surface area contributed by atoms with Gasteiger partial charge in [0.2, 0.25) is 0 Å². The maximum atomic E-state index is 2.55. The molecule has 0 aromatic carbocycles. The van der Waals surface area contributed by atoms with E-state index >= 15 is 0 Å². The third kappa shape index (κ3) is 2.03. The van der Waals surface area contributed by atoms with E-state index in [-0.39, 0.29) is 0 Å². The van der Waals surface area contributed by atoms with Crippen molar-refractivity contribution in [3.63, 3.8) is 0 Å². The van der Waals surface area contributed by atoms with Crippen molar-refractivity contribution in [2.24, 2.45) is 0 Å². The lowest BCUT2D eigenvalue weighted by Gasteiger charge is -2.50. The number of fused-ring (bicyclic) bond motifs is 2. The van der Waals surface area contributed by atoms with E-state index in [1.54, 1.807) is 0 Å². The minimum Gasteiger partial charge on any atom is -0.277 e. The first-order valence-corrected chi connectivity index (χ1v) is 5.25. The zero-order valence-corrected chi connectivity index (χ0v) is 9.08. The van der Waals surface area contributed by atoms with Crippen molar-refractivity contribution in [2.75, 3.05) is 33.1 Å². The monoisotopic (exact) mass is 183 g/mol. The Hall–Kier alpha value is -0.120. The van der Waals surface area contributed by atoms with Gasteiger partial charge in [-0.05, 0) is 27.2 Å². The van der Waals surface area contributed by atoms with Crippen molar-refractivity contribution >= 4 is 0 Å². The lowest BCUT2D eigenvalue weighted by Crippen LogP contribution is -2.62. The molecule has 0 aliphatic carbocycles. The molecule has 0 N–H and O–H groups in total. The fourth-order valence-corrected chi connectivity index (χ4v) is 2.12. The summed E-state index contributed by atoms with van der Waals surface area (Å²) in [5, 5.41) is 0. The van der Waals surface area contributed by atoms with Gasteiger partial charge in [-0.25, -0.2) is 0 Å². The van der Waals surface area contributed by atoms with Gasteiger partial charge in [0.1, 0.15) is 0 Å². The summed E-state index contributed by atoms with van der Waals surface area (Å²) >= 11 is 0. The second-order valence-corrected chi connectivity index (χ2v) is 5.28. The molecule has 0 spiro atoms. The Morgan fingerprint density at radius 1 is 0.846 bits per heavy atom. The zero-order chi connectivity index (χ0) is 9.47. The lowest BCUT2D eigenvalue weighted by atomic mass is 10.1. The Morgan fingerprint density at radius 2 is 1.38 bits per heavy atom. The Labute approximate surface area is 81.3 Å². The van der Waals surface area contributed by atoms with E-state index in [9.17, 15) is 0 Å². The molecule has 0 saturated carbocycles. The van der Waals surface area contributed by atoms with E-state index in [2.05, 4.69) is 35.5 Å². The highest BCUT2D eigenvalue weighted by molar-refractivity contribution is 4.82. The van der Waals surface area contributed by atoms with Crippen molar-refractivity contribution in [3.8, 4) is 0 Å². The molecular formula is C10H21N3. The van der Waals surface area contributed by atoms with Crippen LogP contribution in [0.3, 0.4) is 0 Å². The van der Waals surface area contributed by atoms with Crippen molar-refractivity contribution in [2.45, 2.75) is 32.7 Å². The second-order valence-electron chi connectivity index (χ2n) is 5.28. The third-order valence-electron chi connectivity index (χ3n) is 3.04. The number of rotatable bonds is 0. The highest BCUT2D eigenvalue weighted by Gasteiger charge is 2.31. The van der Waals surface area contributed by atoms with Gasteiger partial charge in [-0.3, -0.25) is 14.7 Å². The topological polar surface area (TPSA) is 9.72 Å². The molecule has 2 unspecified atom stereocenters. The van der Waals surface area contributed by atoms with E-state index in [0.717, 1.165) is 13.3 Å². The first-order valence-electron chi connectivity index (χ1n) is 5.25. The molecule has 0 aromatic rings. The normalized spacial score (nSPS) is 36.2. The van der Waals surface area contributed by atoms with Crippen molar-refractivity contribution in [1.82, 2.24) is 14.7 Å². The first-order chi connectivity index (χ1) is 6.05. The van der Waals surface area contributed by atoms with Gasteiger partial charge in [0.05, 0.1) is 20.0 Å². The zero-order valence-electron chi connectivity index (χ0n) is 9.08. The van der Waals surface area contributed by atoms with Gasteiger partial charge in [-0.1, -0.05) is 0 Å². The van der Waals surface area contributed by atoms with Crippen LogP contribution >= 0.6 is 0 Å². The van der Waals surface area contributed by atoms with Gasteiger partial charge in [0.25, 0.3) is 0 Å². The number of hydrogen-bond donors (Lipinski definition) is 0. The van der Waals surface area contributed by atoms with E-state index in [4.69, 9.17) is 0 Å². The molecule has 0 aromatic heterocycles. The lowest BCUT2D eigenvalue weighted by molar-refractivity contribution is -0.0903. The highest BCUT2D eigenvalue weighted by atomic mass is 15.5. The molecule has 3 heteroatoms. The molecule has 2 fully saturated rings. The minimum atomic E-state index is 0.314. The van der Waals surface area contributed by atoms with Gasteiger partial charge in [0, 0.05) is 18.6 Å². The molecule has 2 heterocycles. The highest BCUT2D eigenvalue weighted by Crippen LogP contribution is 2.20. The van der Waals surface area contributed by atoms with Crippen LogP contribution in [0.2, 0.25) is 0 Å². The standard InChI is InChI=1S/C10H21N3/c1-10(2,3)13-8-11-5-4-6-12(7-11)9-13/h4-9H2,1-3H3. The van der Waals surface area contributed by atoms with Crippen LogP contribution in [0.5, 0.6) is 0 Å². The van der Waals surface area contributed by atoms with Crippen LogP contribution in [-0.4, -0.2) is 53.3 Å². The van der Waals surface area contributed by atoms with Crippen molar-refractivity contribution < 1.29 is 0 Å². The van der Waals surface area contributed by atoms with Crippen LogP contribution in [0.25, 0.3) is 0 Å². The van der Waals surface area contributed by atoms with Gasteiger partial charge in [0.15, 0.2) is 0 Å². The van der Waals surface area contributed by atoms with Crippen LogP contribution in [0, 0.1) is 0 Å². The summed E-state index contributed by atoms with van der Waals surface area (Å²) in [6.07, 6.45) is 1.35. The van der Waals surface area contributed by atoms with E-state index in [1.807, 2.05) is 0 Å². The van der Waals surface area contributed by atoms with Crippen molar-refractivity contribution in [3.05, 3.63) is 0 Å². The molecular weight excluding hydrogens is 162 g/mol. The fraction of sp³-hybridized carbons (Fsp3) is 1.00. The maximum absolute atomic E-state index is 2.55. The second kappa shape index (κ2) is 3.23. The number of hydrogen-bond acceptors (Lipinski definition) is 3. The Kier molecular flexibility index (Phi) is 2.34. The summed E-state index contributed by atoms with van der Waals surface area (Å²) in [5.41, 5.74) is 0.314. The molecule has 76 valence electrons. The molecule has 0 amide bonds. The van der Waals surface area contributed by atoms with Gasteiger partial charge in [-0.15, -0.1) is 0 Å². The Balaban J connectivity index is 2.01. The summed E-state index contributed by atoms with van der Waals surface area (Å²) < 4.78 is 0. The molecule has 2 saturated heterocycles. The van der Waals surface area contributed by atoms with Crippen LogP contribution in [-0.2, 0) is 0 Å². The van der Waals surface area contributed by atoms with Gasteiger partial charge < -0.3 is 0 Å². The van der Waals surface area contributed by atoms with Crippen LogP contribution < -0.4 is 0 Å². The maximum Gasteiger partial charge on any atom is 0.0535 e. The molecule has 2 aliphatic heterocycles. The summed E-state index contributed by atoms with van der Waals surface area (Å²) in [5.74, 6) is 0. The van der Waals surface area contributed by atoms with Gasteiger partial charge >= 0.3 is 0 Å². The molecule has 0 radical (unpaired) electrons. The summed E-state index contributed by atoms with van der Waals surface area (Å²) in [6.45, 7) is 13.0. The molecule has 13 heavy (non-hydrogen) atoms. The smallest absolute Gasteiger partial charge is 0.0535 e. The van der Waals surface area contributed by atoms with Gasteiger partial charge in [-0.2, -0.15) is 0 Å². The summed E-state index contributed by atoms with van der Waals surface area (Å²) in [4.78, 5) is 7.63. The fourth-order valence-electron chi connectivity index (χ4n) is 2.12. The number of nitrogens with zero attached hydrogens (tertiary/aromatic N) is 3.